The maximum Gasteiger partial charge on any atom is 0.348 e. The molecule has 1 aromatic carbocycles. The second-order valence-corrected chi connectivity index (χ2v) is 7.39. The predicted octanol–water partition coefficient (Wildman–Crippen LogP) is 3.28. The Morgan fingerprint density at radius 1 is 1.13 bits per heavy atom. The van der Waals surface area contributed by atoms with Crippen molar-refractivity contribution in [2.24, 2.45) is 0 Å². The summed E-state index contributed by atoms with van der Waals surface area (Å²) < 4.78 is 21.1. The fraction of sp³-hybridized carbons (Fsp3) is 0.333. The number of nitrogen functional groups attached to an aromatic ring is 1. The molecule has 2 N–H and O–H groups in total. The number of nitrogens with zero attached hydrogens (tertiary/aromatic N) is 2. The van der Waals surface area contributed by atoms with Crippen molar-refractivity contribution in [2.45, 2.75) is 26.9 Å². The summed E-state index contributed by atoms with van der Waals surface area (Å²) in [7, 11) is 1.55. The second kappa shape index (κ2) is 10.1. The molecular formula is C21H23N3O6S. The van der Waals surface area contributed by atoms with Crippen LogP contribution in [0.4, 0.5) is 5.82 Å². The number of nitrogens with two attached hydrogens (primary N) is 1. The fourth-order valence-electron chi connectivity index (χ4n) is 2.87. The van der Waals surface area contributed by atoms with Gasteiger partial charge in [-0.1, -0.05) is 12.1 Å². The summed E-state index contributed by atoms with van der Waals surface area (Å²) in [6.45, 7) is 3.78. The van der Waals surface area contributed by atoms with Crippen LogP contribution in [0, 0.1) is 6.92 Å². The van der Waals surface area contributed by atoms with Crippen molar-refractivity contribution in [2.75, 3.05) is 26.1 Å². The topological polar surface area (TPSA) is 123 Å². The number of aryl methyl sites for hydroxylation is 1. The molecule has 0 atom stereocenters. The molecule has 10 heteroatoms. The number of carbonyl (C=O) groups is 2. The van der Waals surface area contributed by atoms with Crippen LogP contribution >= 0.6 is 11.3 Å². The summed E-state index contributed by atoms with van der Waals surface area (Å²) in [4.78, 5) is 33.7. The van der Waals surface area contributed by atoms with Crippen molar-refractivity contribution in [1.82, 2.24) is 9.97 Å². The van der Waals surface area contributed by atoms with Crippen LogP contribution < -0.4 is 15.2 Å². The first-order chi connectivity index (χ1) is 14.9. The van der Waals surface area contributed by atoms with Crippen LogP contribution in [0.1, 0.15) is 34.4 Å². The van der Waals surface area contributed by atoms with E-state index < -0.39 is 11.9 Å². The van der Waals surface area contributed by atoms with Gasteiger partial charge < -0.3 is 24.7 Å². The van der Waals surface area contributed by atoms with Crippen molar-refractivity contribution in [3.05, 3.63) is 40.5 Å². The van der Waals surface area contributed by atoms with Gasteiger partial charge in [-0.25, -0.2) is 14.8 Å². The third-order valence-corrected chi connectivity index (χ3v) is 5.49. The van der Waals surface area contributed by atoms with Crippen LogP contribution in [0.2, 0.25) is 0 Å². The van der Waals surface area contributed by atoms with Crippen molar-refractivity contribution >= 4 is 39.3 Å². The number of carbonyl (C=O) groups excluding carboxylic acids is 2. The molecule has 164 valence electrons. The first-order valence-electron chi connectivity index (χ1n) is 9.58. The number of hydrogen-bond acceptors (Lipinski definition) is 10. The first kappa shape index (κ1) is 22.3. The standard InChI is InChI=1S/C21H23N3O6S/c1-4-28-21(26)18-12(2)17-19(22)23-15(24-20(17)31-18)11-30-16(25)9-10-29-14-8-6-5-7-13(14)27-3/h5-8H,4,9-11H2,1-3H3,(H2,22,23,24). The number of rotatable bonds is 9. The lowest BCUT2D eigenvalue weighted by Gasteiger charge is -2.10. The van der Waals surface area contributed by atoms with Gasteiger partial charge in [0.25, 0.3) is 0 Å². The van der Waals surface area contributed by atoms with Gasteiger partial charge in [-0.15, -0.1) is 11.3 Å². The Kier molecular flexibility index (Phi) is 7.24. The highest BCUT2D eigenvalue weighted by atomic mass is 32.1. The molecule has 0 saturated heterocycles. The lowest BCUT2D eigenvalue weighted by molar-refractivity contribution is -0.145. The summed E-state index contributed by atoms with van der Waals surface area (Å²) in [6, 6.07) is 7.16. The van der Waals surface area contributed by atoms with Gasteiger partial charge in [0.15, 0.2) is 23.9 Å². The SMILES string of the molecule is CCOC(=O)c1sc2nc(COC(=O)CCOc3ccccc3OC)nc(N)c2c1C. The summed E-state index contributed by atoms with van der Waals surface area (Å²) in [5, 5.41) is 0.605. The van der Waals surface area contributed by atoms with Crippen LogP contribution in [-0.4, -0.2) is 42.2 Å². The molecule has 31 heavy (non-hydrogen) atoms. The fourth-order valence-corrected chi connectivity index (χ4v) is 3.97. The van der Waals surface area contributed by atoms with Gasteiger partial charge in [-0.05, 0) is 31.5 Å². The van der Waals surface area contributed by atoms with E-state index in [1.807, 2.05) is 12.1 Å². The Morgan fingerprint density at radius 2 is 1.87 bits per heavy atom. The minimum absolute atomic E-state index is 0.0426. The van der Waals surface area contributed by atoms with Gasteiger partial charge in [0.2, 0.25) is 0 Å². The van der Waals surface area contributed by atoms with Crippen molar-refractivity contribution in [3.8, 4) is 11.5 Å². The molecule has 0 aliphatic rings. The molecule has 3 rings (SSSR count). The molecule has 2 aromatic heterocycles. The van der Waals surface area contributed by atoms with Gasteiger partial charge in [-0.2, -0.15) is 0 Å². The third-order valence-electron chi connectivity index (χ3n) is 4.32. The van der Waals surface area contributed by atoms with E-state index in [2.05, 4.69) is 9.97 Å². The lowest BCUT2D eigenvalue weighted by Crippen LogP contribution is -2.12. The number of esters is 2. The van der Waals surface area contributed by atoms with Gasteiger partial charge in [-0.3, -0.25) is 4.79 Å². The molecule has 0 bridgehead atoms. The van der Waals surface area contributed by atoms with Crippen molar-refractivity contribution < 1.29 is 28.5 Å². The average Bonchev–Trinajstić information content (AvgIpc) is 3.09. The molecule has 0 aliphatic carbocycles. The third kappa shape index (κ3) is 5.21. The molecule has 0 fully saturated rings. The molecule has 9 nitrogen and oxygen atoms in total. The zero-order valence-electron chi connectivity index (χ0n) is 17.5. The predicted molar refractivity (Wildman–Crippen MR) is 115 cm³/mol. The molecular weight excluding hydrogens is 422 g/mol. The number of methoxy groups -OCH3 is 1. The minimum Gasteiger partial charge on any atom is -0.493 e. The highest BCUT2D eigenvalue weighted by molar-refractivity contribution is 7.20. The molecule has 0 spiro atoms. The highest BCUT2D eigenvalue weighted by Gasteiger charge is 2.20. The van der Waals surface area contributed by atoms with Crippen LogP contribution in [0.3, 0.4) is 0 Å². The number of para-hydroxylation sites is 2. The first-order valence-corrected chi connectivity index (χ1v) is 10.4. The van der Waals surface area contributed by atoms with Gasteiger partial charge >= 0.3 is 11.9 Å². The molecule has 0 aliphatic heterocycles. The smallest absolute Gasteiger partial charge is 0.348 e. The zero-order chi connectivity index (χ0) is 22.4. The van der Waals surface area contributed by atoms with E-state index >= 15 is 0 Å². The molecule has 0 unspecified atom stereocenters. The number of anilines is 1. The van der Waals surface area contributed by atoms with E-state index in [1.54, 1.807) is 33.1 Å². The zero-order valence-corrected chi connectivity index (χ0v) is 18.3. The Labute approximate surface area is 183 Å². The van der Waals surface area contributed by atoms with Crippen LogP contribution in [-0.2, 0) is 20.9 Å². The monoisotopic (exact) mass is 445 g/mol. The van der Waals surface area contributed by atoms with Crippen molar-refractivity contribution in [1.29, 1.82) is 0 Å². The number of thiophene rings is 1. The van der Waals surface area contributed by atoms with Gasteiger partial charge in [0.05, 0.1) is 32.1 Å². The average molecular weight is 445 g/mol. The maximum absolute atomic E-state index is 12.1. The quantitative estimate of drug-likeness (QED) is 0.494. The molecule has 0 amide bonds. The Balaban J connectivity index is 1.60. The lowest BCUT2D eigenvalue weighted by atomic mass is 10.2. The summed E-state index contributed by atoms with van der Waals surface area (Å²) in [6.07, 6.45) is 0.0426. The van der Waals surface area contributed by atoms with E-state index in [0.717, 1.165) is 0 Å². The Morgan fingerprint density at radius 3 is 2.58 bits per heavy atom. The normalized spacial score (nSPS) is 10.7. The van der Waals surface area contributed by atoms with E-state index in [9.17, 15) is 9.59 Å². The van der Waals surface area contributed by atoms with E-state index in [-0.39, 0.29) is 37.9 Å². The molecule has 0 saturated carbocycles. The van der Waals surface area contributed by atoms with E-state index in [1.165, 1.54) is 11.3 Å². The number of fused-ring (bicyclic) bond motifs is 1. The largest absolute Gasteiger partial charge is 0.493 e. The minimum atomic E-state index is -0.466. The number of aromatic nitrogens is 2. The van der Waals surface area contributed by atoms with Crippen LogP contribution in [0.5, 0.6) is 11.5 Å². The van der Waals surface area contributed by atoms with E-state index in [4.69, 9.17) is 24.7 Å². The molecule has 0 radical (unpaired) electrons. The van der Waals surface area contributed by atoms with Crippen LogP contribution in [0.15, 0.2) is 24.3 Å². The van der Waals surface area contributed by atoms with Gasteiger partial charge in [0, 0.05) is 0 Å². The summed E-state index contributed by atoms with van der Waals surface area (Å²) in [5.41, 5.74) is 6.73. The van der Waals surface area contributed by atoms with Gasteiger partial charge in [0.1, 0.15) is 15.5 Å². The van der Waals surface area contributed by atoms with E-state index in [0.29, 0.717) is 32.2 Å². The number of ether oxygens (including phenoxy) is 4. The summed E-state index contributed by atoms with van der Waals surface area (Å²) in [5.74, 6) is 0.712. The summed E-state index contributed by atoms with van der Waals surface area (Å²) >= 11 is 1.17. The number of hydrogen-bond donors (Lipinski definition) is 1. The molecule has 2 heterocycles. The van der Waals surface area contributed by atoms with Crippen LogP contribution in [0.25, 0.3) is 10.2 Å². The molecule has 3 aromatic rings. The van der Waals surface area contributed by atoms with Crippen molar-refractivity contribution in [3.63, 3.8) is 0 Å². The number of benzene rings is 1. The Hall–Kier alpha value is -3.40. The second-order valence-electron chi connectivity index (χ2n) is 6.39. The maximum atomic E-state index is 12.1. The highest BCUT2D eigenvalue weighted by Crippen LogP contribution is 2.33. The Bertz CT molecular complexity index is 1100.